The molecule has 0 bridgehead atoms. The Bertz CT molecular complexity index is 983. The predicted octanol–water partition coefficient (Wildman–Crippen LogP) is 5.66. The molecule has 0 aliphatic carbocycles. The van der Waals surface area contributed by atoms with Gasteiger partial charge in [-0.2, -0.15) is 0 Å². The average Bonchev–Trinajstić information content (AvgIpc) is 2.78. The second-order valence-corrected chi connectivity index (χ2v) is 8.27. The van der Waals surface area contributed by atoms with Crippen LogP contribution in [0.4, 0.5) is 5.69 Å². The summed E-state index contributed by atoms with van der Waals surface area (Å²) in [6, 6.07) is 24.5. The Hall–Kier alpha value is -2.78. The smallest absolute Gasteiger partial charge is 0.251 e. The Morgan fingerprint density at radius 2 is 1.67 bits per heavy atom. The Kier molecular flexibility index (Phi) is 6.70. The van der Waals surface area contributed by atoms with Crippen molar-refractivity contribution in [3.05, 3.63) is 100 Å². The van der Waals surface area contributed by atoms with Gasteiger partial charge in [-0.3, -0.25) is 4.79 Å². The van der Waals surface area contributed by atoms with Gasteiger partial charge in [-0.05, 0) is 72.7 Å². The molecule has 0 fully saturated rings. The maximum atomic E-state index is 12.4. The summed E-state index contributed by atoms with van der Waals surface area (Å²) in [5, 5.41) is 3.77. The minimum Gasteiger partial charge on any atom is -0.367 e. The Morgan fingerprint density at radius 3 is 2.47 bits per heavy atom. The number of halogens is 1. The number of hydrogen-bond donors (Lipinski definition) is 1. The van der Waals surface area contributed by atoms with E-state index in [1.807, 2.05) is 36.4 Å². The van der Waals surface area contributed by atoms with Crippen molar-refractivity contribution in [1.29, 1.82) is 0 Å². The highest BCUT2D eigenvalue weighted by atomic mass is 35.5. The van der Waals surface area contributed by atoms with Crippen LogP contribution in [0.15, 0.2) is 72.8 Å². The van der Waals surface area contributed by atoms with Crippen molar-refractivity contribution < 1.29 is 4.79 Å². The minimum atomic E-state index is -0.0130. The second-order valence-electron chi connectivity index (χ2n) is 7.84. The molecule has 0 spiro atoms. The topological polar surface area (TPSA) is 32.3 Å². The van der Waals surface area contributed by atoms with Crippen LogP contribution in [0, 0.1) is 0 Å². The van der Waals surface area contributed by atoms with Crippen molar-refractivity contribution in [3.8, 4) is 0 Å². The van der Waals surface area contributed by atoms with E-state index in [2.05, 4.69) is 46.6 Å². The van der Waals surface area contributed by atoms with Gasteiger partial charge in [0.05, 0.1) is 0 Å². The molecule has 4 rings (SSSR count). The summed E-state index contributed by atoms with van der Waals surface area (Å²) in [6.07, 6.45) is 4.17. The van der Waals surface area contributed by atoms with E-state index in [1.165, 1.54) is 28.8 Å². The lowest BCUT2D eigenvalue weighted by Gasteiger charge is -2.31. The number of nitrogens with zero attached hydrogens (tertiary/aromatic N) is 1. The van der Waals surface area contributed by atoms with E-state index in [0.29, 0.717) is 12.1 Å². The van der Waals surface area contributed by atoms with Gasteiger partial charge in [0, 0.05) is 35.9 Å². The highest BCUT2D eigenvalue weighted by molar-refractivity contribution is 6.30. The molecule has 0 aromatic heterocycles. The number of carbonyl (C=O) groups is 1. The Morgan fingerprint density at radius 1 is 0.933 bits per heavy atom. The van der Waals surface area contributed by atoms with Gasteiger partial charge in [-0.1, -0.05) is 54.1 Å². The van der Waals surface area contributed by atoms with Gasteiger partial charge < -0.3 is 10.2 Å². The summed E-state index contributed by atoms with van der Waals surface area (Å²) in [5.41, 5.74) is 5.94. The standard InChI is InChI=1S/C26H27ClN2O/c27-24-15-11-20(12-16-24)5-3-17-28-26(30)23-13-9-21(10-14-23)19-29-18-4-7-22-6-1-2-8-25(22)29/h1-2,6,8-16H,3-5,7,17-19H2,(H,28,30). The number of nitrogens with one attached hydrogen (secondary N) is 1. The SMILES string of the molecule is O=C(NCCCc1ccc(Cl)cc1)c1ccc(CN2CCCc3ccccc32)cc1. The highest BCUT2D eigenvalue weighted by Crippen LogP contribution is 2.28. The summed E-state index contributed by atoms with van der Waals surface area (Å²) < 4.78 is 0. The number of fused-ring (bicyclic) bond motifs is 1. The van der Waals surface area contributed by atoms with Gasteiger partial charge in [0.15, 0.2) is 0 Å². The zero-order valence-corrected chi connectivity index (χ0v) is 17.9. The number of hydrogen-bond acceptors (Lipinski definition) is 2. The predicted molar refractivity (Wildman–Crippen MR) is 124 cm³/mol. The maximum absolute atomic E-state index is 12.4. The van der Waals surface area contributed by atoms with E-state index in [1.54, 1.807) is 0 Å². The zero-order chi connectivity index (χ0) is 20.8. The van der Waals surface area contributed by atoms with Crippen LogP contribution in [0.2, 0.25) is 5.02 Å². The first-order valence-corrected chi connectivity index (χ1v) is 11.0. The molecule has 0 unspecified atom stereocenters. The van der Waals surface area contributed by atoms with Crippen LogP contribution in [0.5, 0.6) is 0 Å². The lowest BCUT2D eigenvalue weighted by molar-refractivity contribution is 0.0953. The zero-order valence-electron chi connectivity index (χ0n) is 17.1. The molecule has 1 heterocycles. The quantitative estimate of drug-likeness (QED) is 0.502. The maximum Gasteiger partial charge on any atom is 0.251 e. The van der Waals surface area contributed by atoms with Crippen molar-refractivity contribution in [3.63, 3.8) is 0 Å². The lowest BCUT2D eigenvalue weighted by Crippen LogP contribution is -2.28. The van der Waals surface area contributed by atoms with Crippen LogP contribution in [-0.2, 0) is 19.4 Å². The van der Waals surface area contributed by atoms with Crippen LogP contribution in [0.1, 0.15) is 39.9 Å². The molecule has 3 aromatic carbocycles. The molecule has 3 nitrogen and oxygen atoms in total. The molecule has 0 radical (unpaired) electrons. The molecule has 0 atom stereocenters. The number of aryl methyl sites for hydroxylation is 2. The number of benzene rings is 3. The molecule has 4 heteroatoms. The van der Waals surface area contributed by atoms with Crippen LogP contribution in [0.3, 0.4) is 0 Å². The van der Waals surface area contributed by atoms with Gasteiger partial charge >= 0.3 is 0 Å². The molecular weight excluding hydrogens is 392 g/mol. The van der Waals surface area contributed by atoms with E-state index >= 15 is 0 Å². The fourth-order valence-electron chi connectivity index (χ4n) is 4.01. The van der Waals surface area contributed by atoms with E-state index in [9.17, 15) is 4.79 Å². The Labute approximate surface area is 183 Å². The fraction of sp³-hybridized carbons (Fsp3) is 0.269. The first kappa shape index (κ1) is 20.5. The minimum absolute atomic E-state index is 0.0130. The van der Waals surface area contributed by atoms with Crippen LogP contribution in [0.25, 0.3) is 0 Å². The summed E-state index contributed by atoms with van der Waals surface area (Å²) in [7, 11) is 0. The number of para-hydroxylation sites is 1. The molecule has 154 valence electrons. The Balaban J connectivity index is 1.27. The van der Waals surface area contributed by atoms with E-state index in [-0.39, 0.29) is 5.91 Å². The number of rotatable bonds is 7. The second kappa shape index (κ2) is 9.82. The van der Waals surface area contributed by atoms with Crippen molar-refractivity contribution >= 4 is 23.2 Å². The molecule has 1 aliphatic heterocycles. The van der Waals surface area contributed by atoms with Crippen molar-refractivity contribution in [2.24, 2.45) is 0 Å². The number of anilines is 1. The fourth-order valence-corrected chi connectivity index (χ4v) is 4.13. The van der Waals surface area contributed by atoms with Crippen LogP contribution in [-0.4, -0.2) is 19.0 Å². The molecule has 1 amide bonds. The summed E-state index contributed by atoms with van der Waals surface area (Å²) >= 11 is 5.91. The monoisotopic (exact) mass is 418 g/mol. The van der Waals surface area contributed by atoms with Gasteiger partial charge in [-0.15, -0.1) is 0 Å². The molecule has 30 heavy (non-hydrogen) atoms. The lowest BCUT2D eigenvalue weighted by atomic mass is 10.0. The third-order valence-electron chi connectivity index (χ3n) is 5.64. The van der Waals surface area contributed by atoms with E-state index < -0.39 is 0 Å². The average molecular weight is 419 g/mol. The van der Waals surface area contributed by atoms with Crippen molar-refractivity contribution in [2.45, 2.75) is 32.2 Å². The third-order valence-corrected chi connectivity index (χ3v) is 5.89. The van der Waals surface area contributed by atoms with Crippen molar-refractivity contribution in [2.75, 3.05) is 18.0 Å². The molecule has 1 N–H and O–H groups in total. The largest absolute Gasteiger partial charge is 0.367 e. The highest BCUT2D eigenvalue weighted by Gasteiger charge is 2.16. The number of carbonyl (C=O) groups excluding carboxylic acids is 1. The van der Waals surface area contributed by atoms with E-state index in [4.69, 9.17) is 11.6 Å². The summed E-state index contributed by atoms with van der Waals surface area (Å²) in [4.78, 5) is 14.9. The normalized spacial score (nSPS) is 13.0. The molecule has 0 saturated heterocycles. The van der Waals surface area contributed by atoms with Gasteiger partial charge in [0.2, 0.25) is 0 Å². The first-order chi connectivity index (χ1) is 14.7. The first-order valence-electron chi connectivity index (χ1n) is 10.6. The van der Waals surface area contributed by atoms with Gasteiger partial charge in [0.1, 0.15) is 0 Å². The third kappa shape index (κ3) is 5.22. The van der Waals surface area contributed by atoms with Crippen molar-refractivity contribution in [1.82, 2.24) is 5.32 Å². The molecular formula is C26H27ClN2O. The van der Waals surface area contributed by atoms with Crippen LogP contribution >= 0.6 is 11.6 Å². The van der Waals surface area contributed by atoms with Gasteiger partial charge in [-0.25, -0.2) is 0 Å². The number of amides is 1. The molecule has 1 aliphatic rings. The summed E-state index contributed by atoms with van der Waals surface area (Å²) in [6.45, 7) is 2.61. The van der Waals surface area contributed by atoms with Gasteiger partial charge in [0.25, 0.3) is 5.91 Å². The summed E-state index contributed by atoms with van der Waals surface area (Å²) in [5.74, 6) is -0.0130. The van der Waals surface area contributed by atoms with Crippen LogP contribution < -0.4 is 10.2 Å². The molecule has 0 saturated carbocycles. The van der Waals surface area contributed by atoms with E-state index in [0.717, 1.165) is 37.4 Å². The molecule has 3 aromatic rings.